The standard InChI is InChI=1S/C12H11BrN2O2S/c1-7-2-3-18-10(7)6-15-11-9(12(16)17)4-8(13)5-14-11/h2-5H,6H2,1H3,(H,14,15)(H,16,17). The summed E-state index contributed by atoms with van der Waals surface area (Å²) in [5.41, 5.74) is 1.36. The van der Waals surface area contributed by atoms with Crippen LogP contribution in [0.2, 0.25) is 0 Å². The Bertz CT molecular complexity index is 583. The van der Waals surface area contributed by atoms with Gasteiger partial charge in [0.2, 0.25) is 0 Å². The average Bonchev–Trinajstić information content (AvgIpc) is 2.73. The summed E-state index contributed by atoms with van der Waals surface area (Å²) in [4.78, 5) is 16.4. The molecule has 6 heteroatoms. The molecular formula is C12H11BrN2O2S. The Morgan fingerprint density at radius 2 is 2.39 bits per heavy atom. The Balaban J connectivity index is 2.19. The van der Waals surface area contributed by atoms with E-state index in [1.165, 1.54) is 10.4 Å². The monoisotopic (exact) mass is 326 g/mol. The highest BCUT2D eigenvalue weighted by molar-refractivity contribution is 9.10. The molecule has 18 heavy (non-hydrogen) atoms. The zero-order chi connectivity index (χ0) is 13.1. The lowest BCUT2D eigenvalue weighted by Gasteiger charge is -2.08. The quantitative estimate of drug-likeness (QED) is 0.902. The number of thiophene rings is 1. The van der Waals surface area contributed by atoms with Gasteiger partial charge in [-0.3, -0.25) is 0 Å². The number of hydrogen-bond donors (Lipinski definition) is 2. The first kappa shape index (κ1) is 13.0. The number of hydrogen-bond acceptors (Lipinski definition) is 4. The molecule has 0 radical (unpaired) electrons. The predicted octanol–water partition coefficient (Wildman–Crippen LogP) is 3.52. The molecule has 2 N–H and O–H groups in total. The fraction of sp³-hybridized carbons (Fsp3) is 0.167. The number of rotatable bonds is 4. The van der Waals surface area contributed by atoms with Crippen LogP contribution in [0.15, 0.2) is 28.2 Å². The second-order valence-corrected chi connectivity index (χ2v) is 5.65. The minimum Gasteiger partial charge on any atom is -0.478 e. The van der Waals surface area contributed by atoms with Gasteiger partial charge in [-0.1, -0.05) is 0 Å². The van der Waals surface area contributed by atoms with Gasteiger partial charge in [-0.05, 0) is 45.9 Å². The Hall–Kier alpha value is -1.40. The number of aryl methyl sites for hydroxylation is 1. The molecule has 0 bridgehead atoms. The van der Waals surface area contributed by atoms with Gasteiger partial charge in [0.25, 0.3) is 0 Å². The molecule has 0 saturated heterocycles. The Labute approximate surface area is 117 Å². The summed E-state index contributed by atoms with van der Waals surface area (Å²) >= 11 is 4.85. The highest BCUT2D eigenvalue weighted by atomic mass is 79.9. The maximum absolute atomic E-state index is 11.1. The van der Waals surface area contributed by atoms with Crippen molar-refractivity contribution in [2.75, 3.05) is 5.32 Å². The number of anilines is 1. The van der Waals surface area contributed by atoms with Gasteiger partial charge < -0.3 is 10.4 Å². The number of aromatic nitrogens is 1. The van der Waals surface area contributed by atoms with Gasteiger partial charge in [-0.2, -0.15) is 0 Å². The number of pyridine rings is 1. The van der Waals surface area contributed by atoms with E-state index in [1.54, 1.807) is 23.6 Å². The van der Waals surface area contributed by atoms with Crippen LogP contribution in [-0.2, 0) is 6.54 Å². The molecule has 2 aromatic heterocycles. The summed E-state index contributed by atoms with van der Waals surface area (Å²) in [7, 11) is 0. The zero-order valence-corrected chi connectivity index (χ0v) is 12.0. The summed E-state index contributed by atoms with van der Waals surface area (Å²) in [6.07, 6.45) is 1.58. The van der Waals surface area contributed by atoms with E-state index < -0.39 is 5.97 Å². The maximum Gasteiger partial charge on any atom is 0.339 e. The molecule has 2 heterocycles. The van der Waals surface area contributed by atoms with Gasteiger partial charge in [0, 0.05) is 15.5 Å². The number of nitrogens with one attached hydrogen (secondary N) is 1. The third-order valence-corrected chi connectivity index (χ3v) is 3.93. The normalized spacial score (nSPS) is 10.3. The van der Waals surface area contributed by atoms with Crippen molar-refractivity contribution in [2.24, 2.45) is 0 Å². The smallest absolute Gasteiger partial charge is 0.339 e. The summed E-state index contributed by atoms with van der Waals surface area (Å²) in [6.45, 7) is 2.61. The van der Waals surface area contributed by atoms with Crippen molar-refractivity contribution in [3.05, 3.63) is 44.2 Å². The molecule has 0 aliphatic heterocycles. The van der Waals surface area contributed by atoms with Crippen LogP contribution in [-0.4, -0.2) is 16.1 Å². The van der Waals surface area contributed by atoms with Gasteiger partial charge in [0.1, 0.15) is 11.4 Å². The lowest BCUT2D eigenvalue weighted by Crippen LogP contribution is -2.08. The third-order valence-electron chi connectivity index (χ3n) is 2.47. The molecule has 0 amide bonds. The van der Waals surface area contributed by atoms with Crippen molar-refractivity contribution >= 4 is 39.1 Å². The van der Waals surface area contributed by atoms with E-state index in [9.17, 15) is 4.79 Å². The topological polar surface area (TPSA) is 62.2 Å². The van der Waals surface area contributed by atoms with Crippen LogP contribution >= 0.6 is 27.3 Å². The fourth-order valence-electron chi connectivity index (χ4n) is 1.49. The molecular weight excluding hydrogens is 316 g/mol. The molecule has 0 fully saturated rings. The van der Waals surface area contributed by atoms with E-state index in [4.69, 9.17) is 5.11 Å². The first-order valence-corrected chi connectivity index (χ1v) is 6.91. The first-order chi connectivity index (χ1) is 8.58. The van der Waals surface area contributed by atoms with Gasteiger partial charge >= 0.3 is 5.97 Å². The van der Waals surface area contributed by atoms with Gasteiger partial charge in [0.15, 0.2) is 0 Å². The minimum atomic E-state index is -0.991. The lowest BCUT2D eigenvalue weighted by molar-refractivity contribution is 0.0697. The van der Waals surface area contributed by atoms with Gasteiger partial charge in [-0.25, -0.2) is 9.78 Å². The molecule has 94 valence electrons. The van der Waals surface area contributed by atoms with E-state index >= 15 is 0 Å². The first-order valence-electron chi connectivity index (χ1n) is 5.23. The zero-order valence-electron chi connectivity index (χ0n) is 9.61. The van der Waals surface area contributed by atoms with Crippen molar-refractivity contribution in [2.45, 2.75) is 13.5 Å². The molecule has 0 saturated carbocycles. The van der Waals surface area contributed by atoms with Crippen LogP contribution in [0.5, 0.6) is 0 Å². The average molecular weight is 327 g/mol. The third kappa shape index (κ3) is 2.88. The summed E-state index contributed by atoms with van der Waals surface area (Å²) in [5, 5.41) is 14.2. The second kappa shape index (κ2) is 5.49. The molecule has 0 aromatic carbocycles. The number of nitrogens with zero attached hydrogens (tertiary/aromatic N) is 1. The van der Waals surface area contributed by atoms with Crippen molar-refractivity contribution in [3.8, 4) is 0 Å². The number of carbonyl (C=O) groups is 1. The summed E-state index contributed by atoms with van der Waals surface area (Å²) in [5.74, 6) is -0.604. The SMILES string of the molecule is Cc1ccsc1CNc1ncc(Br)cc1C(=O)O. The minimum absolute atomic E-state index is 0.165. The van der Waals surface area contributed by atoms with Crippen LogP contribution in [0.25, 0.3) is 0 Å². The molecule has 0 atom stereocenters. The van der Waals surface area contributed by atoms with Crippen LogP contribution in [0.1, 0.15) is 20.8 Å². The molecule has 0 spiro atoms. The van der Waals surface area contributed by atoms with Crippen molar-refractivity contribution < 1.29 is 9.90 Å². The molecule has 4 nitrogen and oxygen atoms in total. The van der Waals surface area contributed by atoms with E-state index in [0.717, 1.165) is 0 Å². The van der Waals surface area contributed by atoms with E-state index in [2.05, 4.69) is 26.2 Å². The Kier molecular flexibility index (Phi) is 3.98. The summed E-state index contributed by atoms with van der Waals surface area (Å²) < 4.78 is 0.651. The Morgan fingerprint density at radius 3 is 3.00 bits per heavy atom. The number of aromatic carboxylic acids is 1. The second-order valence-electron chi connectivity index (χ2n) is 3.74. The lowest BCUT2D eigenvalue weighted by atomic mass is 10.2. The van der Waals surface area contributed by atoms with Gasteiger partial charge in [-0.15, -0.1) is 11.3 Å². The van der Waals surface area contributed by atoms with Crippen LogP contribution in [0.4, 0.5) is 5.82 Å². The van der Waals surface area contributed by atoms with Crippen molar-refractivity contribution in [1.82, 2.24) is 4.98 Å². The van der Waals surface area contributed by atoms with Gasteiger partial charge in [0.05, 0.1) is 6.54 Å². The molecule has 0 aliphatic carbocycles. The number of carboxylic acid groups (broad SMARTS) is 1. The van der Waals surface area contributed by atoms with Crippen LogP contribution in [0.3, 0.4) is 0 Å². The maximum atomic E-state index is 11.1. The largest absolute Gasteiger partial charge is 0.478 e. The van der Waals surface area contributed by atoms with Crippen LogP contribution in [0, 0.1) is 6.92 Å². The number of halogens is 1. The van der Waals surface area contributed by atoms with E-state index in [1.807, 2.05) is 18.4 Å². The Morgan fingerprint density at radius 1 is 1.61 bits per heavy atom. The van der Waals surface area contributed by atoms with Crippen molar-refractivity contribution in [1.29, 1.82) is 0 Å². The van der Waals surface area contributed by atoms with E-state index in [0.29, 0.717) is 16.8 Å². The predicted molar refractivity (Wildman–Crippen MR) is 75.3 cm³/mol. The summed E-state index contributed by atoms with van der Waals surface area (Å²) in [6, 6.07) is 3.58. The van der Waals surface area contributed by atoms with E-state index in [-0.39, 0.29) is 5.56 Å². The highest BCUT2D eigenvalue weighted by Gasteiger charge is 2.12. The molecule has 0 aliphatic rings. The molecule has 2 rings (SSSR count). The molecule has 2 aromatic rings. The highest BCUT2D eigenvalue weighted by Crippen LogP contribution is 2.21. The molecule has 0 unspecified atom stereocenters. The fourth-order valence-corrected chi connectivity index (χ4v) is 2.67. The van der Waals surface area contributed by atoms with Crippen LogP contribution < -0.4 is 5.32 Å². The van der Waals surface area contributed by atoms with Crippen molar-refractivity contribution in [3.63, 3.8) is 0 Å². The number of carboxylic acids is 1.